The average Bonchev–Trinajstić information content (AvgIpc) is 2.90. The van der Waals surface area contributed by atoms with Crippen LogP contribution in [0.3, 0.4) is 0 Å². The van der Waals surface area contributed by atoms with E-state index in [-0.39, 0.29) is 25.0 Å². The number of carbonyl (C=O) groups excluding carboxylic acids is 2. The Morgan fingerprint density at radius 2 is 1.45 bits per heavy atom. The van der Waals surface area contributed by atoms with Gasteiger partial charge in [0.2, 0.25) is 5.91 Å². The maximum atomic E-state index is 13.8. The molecule has 0 fully saturated rings. The zero-order valence-corrected chi connectivity index (χ0v) is 23.6. The van der Waals surface area contributed by atoms with E-state index in [1.165, 1.54) is 0 Å². The molecule has 0 aliphatic rings. The molecule has 4 rings (SSSR count). The van der Waals surface area contributed by atoms with E-state index in [0.717, 1.165) is 26.4 Å². The van der Waals surface area contributed by atoms with Crippen LogP contribution in [0, 0.1) is 0 Å². The van der Waals surface area contributed by atoms with Crippen molar-refractivity contribution in [3.63, 3.8) is 0 Å². The van der Waals surface area contributed by atoms with Crippen LogP contribution in [-0.4, -0.2) is 34.9 Å². The van der Waals surface area contributed by atoms with Crippen LogP contribution in [0.25, 0.3) is 10.8 Å². The van der Waals surface area contributed by atoms with Crippen LogP contribution in [0.4, 0.5) is 0 Å². The Hall–Kier alpha value is -3.64. The van der Waals surface area contributed by atoms with Crippen LogP contribution in [0.5, 0.6) is 5.75 Å². The van der Waals surface area contributed by atoms with Crippen molar-refractivity contribution in [3.8, 4) is 5.75 Å². The molecule has 0 aliphatic heterocycles. The first-order valence-corrected chi connectivity index (χ1v) is 13.5. The van der Waals surface area contributed by atoms with Crippen LogP contribution in [0.1, 0.15) is 31.9 Å². The Labute approximate surface area is 232 Å². The van der Waals surface area contributed by atoms with Crippen molar-refractivity contribution in [1.82, 2.24) is 10.2 Å². The van der Waals surface area contributed by atoms with Gasteiger partial charge in [0, 0.05) is 18.5 Å². The van der Waals surface area contributed by atoms with Gasteiger partial charge in [0.15, 0.2) is 6.61 Å². The first-order valence-electron chi connectivity index (χ1n) is 12.7. The van der Waals surface area contributed by atoms with Crippen molar-refractivity contribution < 1.29 is 14.3 Å². The minimum absolute atomic E-state index is 0.197. The van der Waals surface area contributed by atoms with E-state index in [1.54, 1.807) is 4.90 Å². The van der Waals surface area contributed by atoms with Gasteiger partial charge in [-0.1, -0.05) is 91.0 Å². The predicted molar refractivity (Wildman–Crippen MR) is 156 cm³/mol. The number of amides is 2. The SMILES string of the molecule is CC(C)(C)NC(=O)[C@@H](Cc1ccccc1)N(Cc1ccccc1)C(=O)COc1ccc2ccccc2c1Br. The fourth-order valence-electron chi connectivity index (χ4n) is 4.33. The second-order valence-corrected chi connectivity index (χ2v) is 11.1. The minimum atomic E-state index is -0.715. The number of benzene rings is 4. The molecule has 0 heterocycles. The summed E-state index contributed by atoms with van der Waals surface area (Å²) in [5.41, 5.74) is 1.47. The second-order valence-electron chi connectivity index (χ2n) is 10.3. The van der Waals surface area contributed by atoms with Gasteiger partial charge in [-0.15, -0.1) is 0 Å². The fourth-order valence-corrected chi connectivity index (χ4v) is 4.94. The van der Waals surface area contributed by atoms with Crippen LogP contribution in [-0.2, 0) is 22.6 Å². The third kappa shape index (κ3) is 7.23. The van der Waals surface area contributed by atoms with E-state index in [0.29, 0.717) is 12.2 Å². The summed E-state index contributed by atoms with van der Waals surface area (Å²) in [6.45, 7) is 5.91. The standard InChI is InChI=1S/C32H33BrN2O3/c1-32(2,3)34-31(37)27(20-23-12-6-4-7-13-23)35(21-24-14-8-5-9-15-24)29(36)22-38-28-19-18-25-16-10-11-17-26(25)30(28)33/h4-19,27H,20-22H2,1-3H3,(H,34,37)/t27-/m1/s1. The highest BCUT2D eigenvalue weighted by atomic mass is 79.9. The average molecular weight is 574 g/mol. The topological polar surface area (TPSA) is 58.6 Å². The zero-order valence-electron chi connectivity index (χ0n) is 22.0. The third-order valence-corrected chi connectivity index (χ3v) is 6.96. The Kier molecular flexibility index (Phi) is 8.85. The van der Waals surface area contributed by atoms with Gasteiger partial charge in [0.05, 0.1) is 4.47 Å². The smallest absolute Gasteiger partial charge is 0.261 e. The van der Waals surface area contributed by atoms with Crippen molar-refractivity contribution in [2.45, 2.75) is 45.3 Å². The molecule has 0 saturated carbocycles. The molecule has 4 aromatic rings. The number of ether oxygens (including phenoxy) is 1. The summed E-state index contributed by atoms with van der Waals surface area (Å²) in [7, 11) is 0. The number of hydrogen-bond acceptors (Lipinski definition) is 3. The van der Waals surface area contributed by atoms with Gasteiger partial charge < -0.3 is 15.0 Å². The number of nitrogens with zero attached hydrogens (tertiary/aromatic N) is 1. The Morgan fingerprint density at radius 3 is 2.11 bits per heavy atom. The molecule has 0 saturated heterocycles. The van der Waals surface area contributed by atoms with E-state index in [2.05, 4.69) is 21.2 Å². The van der Waals surface area contributed by atoms with Gasteiger partial charge >= 0.3 is 0 Å². The molecule has 0 aliphatic carbocycles. The molecule has 196 valence electrons. The molecule has 0 radical (unpaired) electrons. The van der Waals surface area contributed by atoms with Crippen LogP contribution >= 0.6 is 15.9 Å². The summed E-state index contributed by atoms with van der Waals surface area (Å²) in [5.74, 6) is 0.117. The van der Waals surface area contributed by atoms with Crippen LogP contribution in [0.15, 0.2) is 102 Å². The highest BCUT2D eigenvalue weighted by Gasteiger charge is 2.32. The number of halogens is 1. The summed E-state index contributed by atoms with van der Waals surface area (Å²) in [6, 6.07) is 30.6. The summed E-state index contributed by atoms with van der Waals surface area (Å²) >= 11 is 3.64. The van der Waals surface area contributed by atoms with Crippen LogP contribution < -0.4 is 10.1 Å². The lowest BCUT2D eigenvalue weighted by molar-refractivity contribution is -0.143. The molecular formula is C32H33BrN2O3. The Morgan fingerprint density at radius 1 is 0.842 bits per heavy atom. The fraction of sp³-hybridized carbons (Fsp3) is 0.250. The highest BCUT2D eigenvalue weighted by molar-refractivity contribution is 9.10. The summed E-state index contributed by atoms with van der Waals surface area (Å²) < 4.78 is 6.83. The van der Waals surface area contributed by atoms with Gasteiger partial charge in [-0.3, -0.25) is 9.59 Å². The molecule has 2 amide bonds. The molecule has 5 nitrogen and oxygen atoms in total. The van der Waals surface area contributed by atoms with Crippen molar-refractivity contribution in [1.29, 1.82) is 0 Å². The maximum Gasteiger partial charge on any atom is 0.261 e. The summed E-state index contributed by atoms with van der Waals surface area (Å²) in [6.07, 6.45) is 0.390. The van der Waals surface area contributed by atoms with E-state index in [4.69, 9.17) is 4.74 Å². The van der Waals surface area contributed by atoms with E-state index in [9.17, 15) is 9.59 Å². The third-order valence-electron chi connectivity index (χ3n) is 6.14. The number of fused-ring (bicyclic) bond motifs is 1. The van der Waals surface area contributed by atoms with Crippen molar-refractivity contribution >= 4 is 38.5 Å². The zero-order chi connectivity index (χ0) is 27.1. The molecule has 4 aromatic carbocycles. The molecular weight excluding hydrogens is 540 g/mol. The number of nitrogens with one attached hydrogen (secondary N) is 1. The lowest BCUT2D eigenvalue weighted by Crippen LogP contribution is -2.55. The largest absolute Gasteiger partial charge is 0.483 e. The molecule has 6 heteroatoms. The lowest BCUT2D eigenvalue weighted by atomic mass is 10.0. The number of rotatable bonds is 9. The van der Waals surface area contributed by atoms with Gasteiger partial charge in [0.25, 0.3) is 5.91 Å². The van der Waals surface area contributed by atoms with Gasteiger partial charge in [-0.05, 0) is 64.7 Å². The molecule has 0 unspecified atom stereocenters. The van der Waals surface area contributed by atoms with Crippen LogP contribution in [0.2, 0.25) is 0 Å². The first kappa shape index (κ1) is 27.4. The van der Waals surface area contributed by atoms with E-state index < -0.39 is 11.6 Å². The Bertz CT molecular complexity index is 1380. The first-order chi connectivity index (χ1) is 18.2. The van der Waals surface area contributed by atoms with Crippen molar-refractivity contribution in [2.24, 2.45) is 0 Å². The normalized spacial score (nSPS) is 12.1. The molecule has 0 aromatic heterocycles. The van der Waals surface area contributed by atoms with Gasteiger partial charge in [-0.25, -0.2) is 0 Å². The summed E-state index contributed by atoms with van der Waals surface area (Å²) in [5, 5.41) is 5.16. The summed E-state index contributed by atoms with van der Waals surface area (Å²) in [4.78, 5) is 29.1. The lowest BCUT2D eigenvalue weighted by Gasteiger charge is -2.33. The minimum Gasteiger partial charge on any atom is -0.483 e. The Balaban J connectivity index is 1.64. The second kappa shape index (κ2) is 12.3. The number of carbonyl (C=O) groups is 2. The van der Waals surface area contributed by atoms with Crippen molar-refractivity contribution in [2.75, 3.05) is 6.61 Å². The monoisotopic (exact) mass is 572 g/mol. The van der Waals surface area contributed by atoms with Gasteiger partial charge in [-0.2, -0.15) is 0 Å². The molecule has 1 atom stereocenters. The van der Waals surface area contributed by atoms with E-state index in [1.807, 2.05) is 118 Å². The molecule has 0 bridgehead atoms. The molecule has 38 heavy (non-hydrogen) atoms. The molecule has 0 spiro atoms. The number of hydrogen-bond donors (Lipinski definition) is 1. The predicted octanol–water partition coefficient (Wildman–Crippen LogP) is 6.54. The highest BCUT2D eigenvalue weighted by Crippen LogP contribution is 2.33. The van der Waals surface area contributed by atoms with Crippen molar-refractivity contribution in [3.05, 3.63) is 113 Å². The van der Waals surface area contributed by atoms with Gasteiger partial charge in [0.1, 0.15) is 11.8 Å². The molecule has 1 N–H and O–H groups in total. The quantitative estimate of drug-likeness (QED) is 0.248. The maximum absolute atomic E-state index is 13.8. The van der Waals surface area contributed by atoms with E-state index >= 15 is 0 Å².